The zero-order valence-electron chi connectivity index (χ0n) is 27.6. The average molecular weight is 675 g/mol. The van der Waals surface area contributed by atoms with Gasteiger partial charge in [-0.2, -0.15) is 0 Å². The van der Waals surface area contributed by atoms with Crippen molar-refractivity contribution >= 4 is 67.1 Å². The number of hydrogen-bond donors (Lipinski definition) is 2. The van der Waals surface area contributed by atoms with Crippen LogP contribution in [0.15, 0.2) is 12.2 Å². The van der Waals surface area contributed by atoms with Crippen LogP contribution in [0.5, 0.6) is 0 Å². The standard InChI is InChI=1S/C23H58O9Si7/c1-17-18-22(27-20(24)19(2)3,39(34-30-33,31-37(11,12)13)32-38(14,15)16)23(26,29-36(8,9)10)21(4,25)28-35(5,6)7/h25-26H,2,17-18,34H2,1,3-16,33H3. The molecule has 232 valence electrons. The third-order valence-corrected chi connectivity index (χ3v) is 26.2. The molecule has 3 atom stereocenters. The molecule has 0 heterocycles. The summed E-state index contributed by atoms with van der Waals surface area (Å²) in [5.74, 6) is -5.54. The van der Waals surface area contributed by atoms with E-state index < -0.39 is 73.4 Å². The topological polar surface area (TPSA) is 113 Å². The molecule has 0 aromatic carbocycles. The minimum absolute atomic E-state index is 0.108. The van der Waals surface area contributed by atoms with Crippen molar-refractivity contribution in [2.75, 3.05) is 0 Å². The Morgan fingerprint density at radius 1 is 0.846 bits per heavy atom. The van der Waals surface area contributed by atoms with Crippen LogP contribution >= 0.6 is 0 Å². The Labute approximate surface area is 248 Å². The molecule has 0 saturated carbocycles. The second kappa shape index (κ2) is 13.4. The molecule has 0 bridgehead atoms. The summed E-state index contributed by atoms with van der Waals surface area (Å²) in [6.45, 7) is 32.4. The molecule has 0 aliphatic carbocycles. The van der Waals surface area contributed by atoms with Crippen molar-refractivity contribution in [1.82, 2.24) is 0 Å². The lowest BCUT2D eigenvalue weighted by atomic mass is 9.96. The molecule has 0 spiro atoms. The first-order valence-corrected chi connectivity index (χ1v) is 32.8. The summed E-state index contributed by atoms with van der Waals surface area (Å²) in [4.78, 5) is 13.6. The van der Waals surface area contributed by atoms with Crippen LogP contribution in [-0.2, 0) is 30.7 Å². The predicted octanol–water partition coefficient (Wildman–Crippen LogP) is 3.31. The molecular weight excluding hydrogens is 617 g/mol. The van der Waals surface area contributed by atoms with E-state index in [0.29, 0.717) is 16.9 Å². The average Bonchev–Trinajstić information content (AvgIpc) is 2.61. The van der Waals surface area contributed by atoms with Crippen LogP contribution in [0.2, 0.25) is 78.6 Å². The molecule has 0 amide bonds. The quantitative estimate of drug-likeness (QED) is 0.104. The summed E-state index contributed by atoms with van der Waals surface area (Å²) in [6.07, 6.45) is 0.579. The summed E-state index contributed by atoms with van der Waals surface area (Å²) in [5, 5.41) is 23.4. The van der Waals surface area contributed by atoms with Crippen molar-refractivity contribution in [3.63, 3.8) is 0 Å². The van der Waals surface area contributed by atoms with Crippen molar-refractivity contribution < 1.29 is 40.9 Å². The van der Waals surface area contributed by atoms with E-state index in [0.717, 1.165) is 0 Å². The third kappa shape index (κ3) is 10.9. The highest BCUT2D eigenvalue weighted by Gasteiger charge is 2.78. The maximum atomic E-state index is 13.6. The predicted molar refractivity (Wildman–Crippen MR) is 177 cm³/mol. The highest BCUT2D eigenvalue weighted by atomic mass is 29.2. The van der Waals surface area contributed by atoms with E-state index in [2.05, 4.69) is 6.58 Å². The molecule has 0 aliphatic rings. The lowest BCUT2D eigenvalue weighted by Gasteiger charge is -2.60. The number of esters is 1. The summed E-state index contributed by atoms with van der Waals surface area (Å²) in [6, 6.07) is 0. The SMILES string of the molecule is C=C(C)C(=O)OC(CCC)(C(O)(O[Si](C)(C)C)C(C)(O)O[Si](C)(C)C)[Si](O[Si](C)(C)C)(O[Si](C)(C)C)[SiH2]O[SiH3]. The summed E-state index contributed by atoms with van der Waals surface area (Å²) in [5.41, 5.74) is 0.147. The van der Waals surface area contributed by atoms with Crippen LogP contribution in [0.4, 0.5) is 0 Å². The Kier molecular flexibility index (Phi) is 13.5. The molecule has 0 aromatic rings. The van der Waals surface area contributed by atoms with Gasteiger partial charge in [-0.05, 0) is 98.8 Å². The number of aliphatic hydroxyl groups is 2. The Morgan fingerprint density at radius 2 is 1.26 bits per heavy atom. The van der Waals surface area contributed by atoms with Gasteiger partial charge < -0.3 is 36.1 Å². The molecule has 0 fully saturated rings. The van der Waals surface area contributed by atoms with E-state index in [4.69, 9.17) is 25.9 Å². The van der Waals surface area contributed by atoms with Crippen LogP contribution < -0.4 is 0 Å². The van der Waals surface area contributed by atoms with Gasteiger partial charge in [0.1, 0.15) is 10.5 Å². The van der Waals surface area contributed by atoms with Gasteiger partial charge in [-0.15, -0.1) is 0 Å². The normalized spacial score (nSPS) is 19.0. The largest absolute Gasteiger partial charge is 0.466 e. The van der Waals surface area contributed by atoms with Gasteiger partial charge in [0.15, 0.2) is 33.3 Å². The smallest absolute Gasteiger partial charge is 0.371 e. The van der Waals surface area contributed by atoms with E-state index in [1.807, 2.05) is 85.5 Å². The fourth-order valence-corrected chi connectivity index (χ4v) is 35.4. The van der Waals surface area contributed by atoms with E-state index in [1.165, 1.54) is 6.92 Å². The van der Waals surface area contributed by atoms with Crippen LogP contribution in [0, 0.1) is 0 Å². The molecule has 0 aromatic heterocycles. The van der Waals surface area contributed by atoms with Gasteiger partial charge in [-0.1, -0.05) is 19.9 Å². The molecule has 0 radical (unpaired) electrons. The maximum absolute atomic E-state index is 13.6. The maximum Gasteiger partial charge on any atom is 0.371 e. The van der Waals surface area contributed by atoms with Crippen LogP contribution in [0.1, 0.15) is 33.6 Å². The first-order chi connectivity index (χ1) is 17.0. The van der Waals surface area contributed by atoms with Crippen molar-refractivity contribution in [2.24, 2.45) is 0 Å². The van der Waals surface area contributed by atoms with Gasteiger partial charge in [0.2, 0.25) is 20.3 Å². The summed E-state index contributed by atoms with van der Waals surface area (Å²) in [7, 11) is -15.3. The summed E-state index contributed by atoms with van der Waals surface area (Å²) < 4.78 is 39.7. The lowest BCUT2D eigenvalue weighted by molar-refractivity contribution is -0.376. The van der Waals surface area contributed by atoms with E-state index in [-0.39, 0.29) is 12.0 Å². The highest BCUT2D eigenvalue weighted by molar-refractivity contribution is 7.22. The minimum Gasteiger partial charge on any atom is -0.466 e. The minimum atomic E-state index is -3.88. The Bertz CT molecular complexity index is 829. The van der Waals surface area contributed by atoms with Crippen LogP contribution in [0.3, 0.4) is 0 Å². The monoisotopic (exact) mass is 674 g/mol. The molecule has 0 saturated heterocycles. The van der Waals surface area contributed by atoms with Crippen molar-refractivity contribution in [3.8, 4) is 0 Å². The van der Waals surface area contributed by atoms with Crippen molar-refractivity contribution in [3.05, 3.63) is 12.2 Å². The molecule has 9 nitrogen and oxygen atoms in total. The lowest BCUT2D eigenvalue weighted by Crippen LogP contribution is -2.86. The molecule has 3 unspecified atom stereocenters. The van der Waals surface area contributed by atoms with Gasteiger partial charge in [0, 0.05) is 5.57 Å². The van der Waals surface area contributed by atoms with Crippen molar-refractivity contribution in [1.29, 1.82) is 0 Å². The van der Waals surface area contributed by atoms with Gasteiger partial charge in [0.25, 0.3) is 5.79 Å². The molecule has 16 heteroatoms. The Hall–Kier alpha value is 0.448. The number of carbonyl (C=O) groups is 1. The van der Waals surface area contributed by atoms with Crippen LogP contribution in [0.25, 0.3) is 0 Å². The molecule has 0 aliphatic heterocycles. The fourth-order valence-electron chi connectivity index (χ4n) is 4.61. The zero-order chi connectivity index (χ0) is 31.5. The number of ether oxygens (including phenoxy) is 1. The van der Waals surface area contributed by atoms with Crippen LogP contribution in [-0.4, -0.2) is 94.1 Å². The first kappa shape index (κ1) is 39.4. The van der Waals surface area contributed by atoms with Gasteiger partial charge in [-0.3, -0.25) is 0 Å². The van der Waals surface area contributed by atoms with Gasteiger partial charge in [-0.25, -0.2) is 4.79 Å². The second-order valence-electron chi connectivity index (χ2n) is 14.4. The summed E-state index contributed by atoms with van der Waals surface area (Å²) >= 11 is 0. The fraction of sp³-hybridized carbons (Fsp3) is 0.870. The number of rotatable bonds is 17. The van der Waals surface area contributed by atoms with E-state index in [9.17, 15) is 15.0 Å². The molecule has 39 heavy (non-hydrogen) atoms. The molecule has 0 rings (SSSR count). The molecular formula is C23H58O9Si7. The Balaban J connectivity index is 8.40. The van der Waals surface area contributed by atoms with Crippen molar-refractivity contribution in [2.45, 2.75) is 129 Å². The number of hydrogen-bond acceptors (Lipinski definition) is 9. The van der Waals surface area contributed by atoms with E-state index in [1.54, 1.807) is 6.92 Å². The highest BCUT2D eigenvalue weighted by Crippen LogP contribution is 2.50. The van der Waals surface area contributed by atoms with Gasteiger partial charge in [0.05, 0.1) is 0 Å². The first-order valence-electron chi connectivity index (χ1n) is 13.7. The third-order valence-electron chi connectivity index (χ3n) is 5.24. The van der Waals surface area contributed by atoms with E-state index >= 15 is 0 Å². The van der Waals surface area contributed by atoms with Gasteiger partial charge >= 0.3 is 14.0 Å². The second-order valence-corrected chi connectivity index (χ2v) is 41.9. The Morgan fingerprint density at radius 3 is 1.54 bits per heavy atom. The zero-order valence-corrected chi connectivity index (χ0v) is 36.0. The molecule has 2 N–H and O–H groups in total. The number of carbonyl (C=O) groups excluding carboxylic acids is 1.